The van der Waals surface area contributed by atoms with E-state index in [4.69, 9.17) is 4.74 Å². The van der Waals surface area contributed by atoms with Crippen LogP contribution in [-0.2, 0) is 11.8 Å². The van der Waals surface area contributed by atoms with Gasteiger partial charge in [0.15, 0.2) is 6.61 Å². The molecule has 0 aliphatic rings. The van der Waals surface area contributed by atoms with E-state index in [1.807, 2.05) is 55.8 Å². The highest BCUT2D eigenvalue weighted by atomic mass is 32.1. The Balaban J connectivity index is 1.71. The number of esters is 1. The van der Waals surface area contributed by atoms with Gasteiger partial charge < -0.3 is 9.30 Å². The fourth-order valence-corrected chi connectivity index (χ4v) is 3.46. The van der Waals surface area contributed by atoms with E-state index in [-0.39, 0.29) is 12.4 Å². The molecule has 3 rings (SSSR count). The highest BCUT2D eigenvalue weighted by Crippen LogP contribution is 2.25. The molecule has 0 aliphatic heterocycles. The number of fused-ring (bicyclic) bond motifs is 1. The second-order valence-electron chi connectivity index (χ2n) is 5.49. The van der Waals surface area contributed by atoms with E-state index in [0.717, 1.165) is 21.5 Å². The molecule has 1 aromatic carbocycles. The average Bonchev–Trinajstić information content (AvgIpc) is 3.09. The monoisotopic (exact) mass is 327 g/mol. The Kier molecular flexibility index (Phi) is 4.05. The summed E-state index contributed by atoms with van der Waals surface area (Å²) in [6.07, 6.45) is 0. The fraction of sp³-hybridized carbons (Fsp3) is 0.222. The number of aryl methyl sites for hydroxylation is 1. The van der Waals surface area contributed by atoms with E-state index < -0.39 is 5.97 Å². The standard InChI is InChI=1S/C18H17NO3S/c1-11-8-14(12(2)19(11)3)15(20)10-22-18(21)17-9-13-6-4-5-7-16(13)23-17/h4-9H,10H2,1-3H3. The normalized spacial score (nSPS) is 10.9. The van der Waals surface area contributed by atoms with Gasteiger partial charge >= 0.3 is 5.97 Å². The van der Waals surface area contributed by atoms with Crippen molar-refractivity contribution < 1.29 is 14.3 Å². The van der Waals surface area contributed by atoms with Crippen molar-refractivity contribution >= 4 is 33.2 Å². The molecular formula is C18H17NO3S. The first-order chi connectivity index (χ1) is 11.0. The Morgan fingerprint density at radius 3 is 2.57 bits per heavy atom. The van der Waals surface area contributed by atoms with Crippen molar-refractivity contribution in [3.8, 4) is 0 Å². The van der Waals surface area contributed by atoms with Crippen molar-refractivity contribution in [3.05, 3.63) is 58.2 Å². The zero-order chi connectivity index (χ0) is 16.6. The maximum absolute atomic E-state index is 12.3. The topological polar surface area (TPSA) is 48.3 Å². The molecule has 0 atom stereocenters. The lowest BCUT2D eigenvalue weighted by atomic mass is 10.1. The molecule has 4 nitrogen and oxygen atoms in total. The van der Waals surface area contributed by atoms with Gasteiger partial charge in [-0.2, -0.15) is 0 Å². The second kappa shape index (κ2) is 6.01. The van der Waals surface area contributed by atoms with Crippen LogP contribution in [0.5, 0.6) is 0 Å². The number of carbonyl (C=O) groups is 2. The third-order valence-electron chi connectivity index (χ3n) is 4.04. The lowest BCUT2D eigenvalue weighted by Gasteiger charge is -2.03. The number of hydrogen-bond acceptors (Lipinski definition) is 4. The summed E-state index contributed by atoms with van der Waals surface area (Å²) >= 11 is 1.37. The van der Waals surface area contributed by atoms with Gasteiger partial charge in [0, 0.05) is 28.7 Å². The van der Waals surface area contributed by atoms with Crippen LogP contribution in [0, 0.1) is 13.8 Å². The summed E-state index contributed by atoms with van der Waals surface area (Å²) in [5.74, 6) is -0.634. The van der Waals surface area contributed by atoms with Crippen LogP contribution in [-0.4, -0.2) is 22.9 Å². The molecule has 0 saturated heterocycles. The smallest absolute Gasteiger partial charge is 0.348 e. The van der Waals surface area contributed by atoms with Gasteiger partial charge in [-0.15, -0.1) is 11.3 Å². The summed E-state index contributed by atoms with van der Waals surface area (Å²) < 4.78 is 8.16. The maximum atomic E-state index is 12.3. The number of carbonyl (C=O) groups excluding carboxylic acids is 2. The molecule has 2 heterocycles. The second-order valence-corrected chi connectivity index (χ2v) is 6.58. The average molecular weight is 327 g/mol. The van der Waals surface area contributed by atoms with Gasteiger partial charge in [0.1, 0.15) is 4.88 Å². The Morgan fingerprint density at radius 2 is 1.91 bits per heavy atom. The van der Waals surface area contributed by atoms with Crippen LogP contribution in [0.2, 0.25) is 0 Å². The summed E-state index contributed by atoms with van der Waals surface area (Å²) in [5, 5.41) is 1.00. The number of thiophene rings is 1. The summed E-state index contributed by atoms with van der Waals surface area (Å²) in [5.41, 5.74) is 2.49. The first kappa shape index (κ1) is 15.5. The van der Waals surface area contributed by atoms with Crippen molar-refractivity contribution in [2.75, 3.05) is 6.61 Å². The molecule has 5 heteroatoms. The lowest BCUT2D eigenvalue weighted by molar-refractivity contribution is 0.0479. The van der Waals surface area contributed by atoms with Crippen LogP contribution >= 0.6 is 11.3 Å². The molecular weight excluding hydrogens is 310 g/mol. The van der Waals surface area contributed by atoms with Crippen molar-refractivity contribution in [2.45, 2.75) is 13.8 Å². The summed E-state index contributed by atoms with van der Waals surface area (Å²) in [6.45, 7) is 3.58. The van der Waals surface area contributed by atoms with E-state index in [9.17, 15) is 9.59 Å². The molecule has 0 spiro atoms. The van der Waals surface area contributed by atoms with Gasteiger partial charge in [0.2, 0.25) is 5.78 Å². The van der Waals surface area contributed by atoms with Gasteiger partial charge in [-0.1, -0.05) is 18.2 Å². The number of benzene rings is 1. The van der Waals surface area contributed by atoms with E-state index >= 15 is 0 Å². The molecule has 0 fully saturated rings. The third-order valence-corrected chi connectivity index (χ3v) is 5.13. The van der Waals surface area contributed by atoms with Crippen LogP contribution < -0.4 is 0 Å². The number of hydrogen-bond donors (Lipinski definition) is 0. The minimum absolute atomic E-state index is 0.180. The van der Waals surface area contributed by atoms with Crippen LogP contribution in [0.4, 0.5) is 0 Å². The van der Waals surface area contributed by atoms with Crippen molar-refractivity contribution in [2.24, 2.45) is 7.05 Å². The van der Waals surface area contributed by atoms with E-state index in [2.05, 4.69) is 0 Å². The van der Waals surface area contributed by atoms with Gasteiger partial charge in [-0.3, -0.25) is 4.79 Å². The SMILES string of the molecule is Cc1cc(C(=O)COC(=O)c2cc3ccccc3s2)c(C)n1C. The number of rotatable bonds is 4. The highest BCUT2D eigenvalue weighted by Gasteiger charge is 2.17. The van der Waals surface area contributed by atoms with Gasteiger partial charge in [-0.25, -0.2) is 4.79 Å². The fourth-order valence-electron chi connectivity index (χ4n) is 2.50. The number of ether oxygens (including phenoxy) is 1. The molecule has 0 bridgehead atoms. The molecule has 0 unspecified atom stereocenters. The van der Waals surface area contributed by atoms with E-state index in [1.54, 1.807) is 6.07 Å². The van der Waals surface area contributed by atoms with Crippen LogP contribution in [0.1, 0.15) is 31.4 Å². The van der Waals surface area contributed by atoms with Crippen molar-refractivity contribution in [1.82, 2.24) is 4.57 Å². The Labute approximate surface area is 138 Å². The van der Waals surface area contributed by atoms with Crippen molar-refractivity contribution in [3.63, 3.8) is 0 Å². The first-order valence-corrected chi connectivity index (χ1v) is 8.11. The van der Waals surface area contributed by atoms with Crippen molar-refractivity contribution in [1.29, 1.82) is 0 Å². The predicted octanol–water partition coefficient (Wildman–Crippen LogP) is 3.90. The Bertz CT molecular complexity index is 871. The molecule has 2 aromatic heterocycles. The van der Waals surface area contributed by atoms with Gasteiger partial charge in [-0.05, 0) is 37.4 Å². The summed E-state index contributed by atoms with van der Waals surface area (Å²) in [7, 11) is 1.91. The van der Waals surface area contributed by atoms with Crippen LogP contribution in [0.15, 0.2) is 36.4 Å². The molecule has 0 radical (unpaired) electrons. The van der Waals surface area contributed by atoms with E-state index in [1.165, 1.54) is 11.3 Å². The summed E-state index contributed by atoms with van der Waals surface area (Å²) in [4.78, 5) is 24.9. The molecule has 0 saturated carbocycles. The molecule has 23 heavy (non-hydrogen) atoms. The lowest BCUT2D eigenvalue weighted by Crippen LogP contribution is -2.14. The third kappa shape index (κ3) is 2.92. The van der Waals surface area contributed by atoms with Gasteiger partial charge in [0.05, 0.1) is 0 Å². The zero-order valence-electron chi connectivity index (χ0n) is 13.3. The number of Topliss-reactive ketones (excluding diaryl/α,β-unsaturated/α-hetero) is 1. The molecule has 118 valence electrons. The molecule has 0 N–H and O–H groups in total. The Hall–Kier alpha value is -2.40. The minimum atomic E-state index is -0.454. The highest BCUT2D eigenvalue weighted by molar-refractivity contribution is 7.20. The number of nitrogens with zero attached hydrogens (tertiary/aromatic N) is 1. The predicted molar refractivity (Wildman–Crippen MR) is 91.3 cm³/mol. The molecule has 3 aromatic rings. The number of ketones is 1. The number of aromatic nitrogens is 1. The molecule has 0 amide bonds. The zero-order valence-corrected chi connectivity index (χ0v) is 14.1. The van der Waals surface area contributed by atoms with Crippen LogP contribution in [0.25, 0.3) is 10.1 Å². The first-order valence-electron chi connectivity index (χ1n) is 7.29. The maximum Gasteiger partial charge on any atom is 0.348 e. The minimum Gasteiger partial charge on any atom is -0.453 e. The van der Waals surface area contributed by atoms with Gasteiger partial charge in [0.25, 0.3) is 0 Å². The summed E-state index contributed by atoms with van der Waals surface area (Å²) in [6, 6.07) is 11.4. The van der Waals surface area contributed by atoms with Crippen LogP contribution in [0.3, 0.4) is 0 Å². The quantitative estimate of drug-likeness (QED) is 0.539. The molecule has 0 aliphatic carbocycles. The van der Waals surface area contributed by atoms with E-state index in [0.29, 0.717) is 10.4 Å². The Morgan fingerprint density at radius 1 is 1.17 bits per heavy atom. The largest absolute Gasteiger partial charge is 0.453 e.